The number of carbonyl (C=O) groups excluding carboxylic acids is 1. The number of ether oxygens (including phenoxy) is 1. The van der Waals surface area contributed by atoms with Crippen LogP contribution in [0.15, 0.2) is 43.2 Å². The molecule has 1 unspecified atom stereocenters. The summed E-state index contributed by atoms with van der Waals surface area (Å²) in [6.07, 6.45) is 1.13. The number of rotatable bonds is 3. The van der Waals surface area contributed by atoms with Crippen LogP contribution in [0, 0.1) is 0 Å². The van der Waals surface area contributed by atoms with E-state index in [9.17, 15) is 4.79 Å². The monoisotopic (exact) mass is 254 g/mol. The van der Waals surface area contributed by atoms with Gasteiger partial charge in [-0.1, -0.05) is 52.8 Å². The SMILES string of the molecule is C=COC(=O)C(C)(Br)c1ccccc1. The minimum Gasteiger partial charge on any atom is -0.434 e. The lowest BCUT2D eigenvalue weighted by Gasteiger charge is -2.19. The van der Waals surface area contributed by atoms with Crippen LogP contribution in [0.3, 0.4) is 0 Å². The van der Waals surface area contributed by atoms with Crippen molar-refractivity contribution in [3.05, 3.63) is 48.7 Å². The van der Waals surface area contributed by atoms with Crippen molar-refractivity contribution in [2.75, 3.05) is 0 Å². The molecule has 0 aliphatic heterocycles. The highest BCUT2D eigenvalue weighted by Gasteiger charge is 2.33. The van der Waals surface area contributed by atoms with Gasteiger partial charge in [0.2, 0.25) is 0 Å². The van der Waals surface area contributed by atoms with Crippen molar-refractivity contribution < 1.29 is 9.53 Å². The van der Waals surface area contributed by atoms with Crippen molar-refractivity contribution >= 4 is 21.9 Å². The van der Waals surface area contributed by atoms with Crippen LogP contribution in [0.25, 0.3) is 0 Å². The third-order valence-electron chi connectivity index (χ3n) is 1.89. The number of hydrogen-bond donors (Lipinski definition) is 0. The zero-order chi connectivity index (χ0) is 10.6. The summed E-state index contributed by atoms with van der Waals surface area (Å²) in [6, 6.07) is 9.36. The largest absolute Gasteiger partial charge is 0.434 e. The minimum atomic E-state index is -0.817. The molecule has 0 fully saturated rings. The molecule has 74 valence electrons. The zero-order valence-corrected chi connectivity index (χ0v) is 9.45. The highest BCUT2D eigenvalue weighted by molar-refractivity contribution is 9.10. The maximum atomic E-state index is 11.5. The lowest BCUT2D eigenvalue weighted by Crippen LogP contribution is -2.26. The van der Waals surface area contributed by atoms with E-state index in [0.717, 1.165) is 11.8 Å². The Morgan fingerprint density at radius 3 is 2.57 bits per heavy atom. The summed E-state index contributed by atoms with van der Waals surface area (Å²) >= 11 is 3.33. The van der Waals surface area contributed by atoms with Crippen LogP contribution in [-0.4, -0.2) is 5.97 Å². The van der Waals surface area contributed by atoms with Crippen molar-refractivity contribution in [3.8, 4) is 0 Å². The summed E-state index contributed by atoms with van der Waals surface area (Å²) in [5, 5.41) is 0. The average Bonchev–Trinajstić information content (AvgIpc) is 2.19. The molecule has 0 aromatic heterocycles. The topological polar surface area (TPSA) is 26.3 Å². The molecule has 0 amide bonds. The van der Waals surface area contributed by atoms with E-state index < -0.39 is 4.32 Å². The van der Waals surface area contributed by atoms with E-state index in [1.54, 1.807) is 6.92 Å². The van der Waals surface area contributed by atoms with Gasteiger partial charge in [-0.3, -0.25) is 0 Å². The average molecular weight is 255 g/mol. The van der Waals surface area contributed by atoms with E-state index in [-0.39, 0.29) is 5.97 Å². The molecule has 0 aliphatic carbocycles. The minimum absolute atomic E-state index is 0.376. The van der Waals surface area contributed by atoms with Gasteiger partial charge in [-0.2, -0.15) is 0 Å². The maximum absolute atomic E-state index is 11.5. The van der Waals surface area contributed by atoms with Crippen LogP contribution < -0.4 is 0 Å². The third-order valence-corrected chi connectivity index (χ3v) is 2.67. The standard InChI is InChI=1S/C11H11BrO2/c1-3-14-10(13)11(2,12)9-7-5-4-6-8-9/h3-8H,1H2,2H3. The van der Waals surface area contributed by atoms with E-state index in [0.29, 0.717) is 0 Å². The van der Waals surface area contributed by atoms with Crippen LogP contribution in [-0.2, 0) is 13.9 Å². The van der Waals surface area contributed by atoms with Gasteiger partial charge in [0.1, 0.15) is 4.32 Å². The highest BCUT2D eigenvalue weighted by atomic mass is 79.9. The van der Waals surface area contributed by atoms with Gasteiger partial charge in [-0.05, 0) is 12.5 Å². The summed E-state index contributed by atoms with van der Waals surface area (Å²) in [5.74, 6) is -0.376. The van der Waals surface area contributed by atoms with Crippen molar-refractivity contribution in [1.29, 1.82) is 0 Å². The highest BCUT2D eigenvalue weighted by Crippen LogP contribution is 2.31. The van der Waals surface area contributed by atoms with Crippen molar-refractivity contribution in [1.82, 2.24) is 0 Å². The number of halogens is 1. The summed E-state index contributed by atoms with van der Waals surface area (Å²) in [7, 11) is 0. The first kappa shape index (κ1) is 11.0. The second-order valence-electron chi connectivity index (χ2n) is 2.94. The first-order chi connectivity index (χ1) is 6.59. The first-order valence-corrected chi connectivity index (χ1v) is 4.94. The molecule has 3 heteroatoms. The molecule has 0 bridgehead atoms. The molecule has 1 rings (SSSR count). The number of esters is 1. The van der Waals surface area contributed by atoms with Gasteiger partial charge in [-0.25, -0.2) is 4.79 Å². The van der Waals surface area contributed by atoms with Gasteiger partial charge >= 0.3 is 5.97 Å². The van der Waals surface area contributed by atoms with E-state index in [1.807, 2.05) is 30.3 Å². The molecule has 1 aromatic rings. The molecular formula is C11H11BrO2. The van der Waals surface area contributed by atoms with Crippen LogP contribution in [0.1, 0.15) is 12.5 Å². The number of carbonyl (C=O) groups is 1. The van der Waals surface area contributed by atoms with Crippen LogP contribution in [0.5, 0.6) is 0 Å². The predicted octanol–water partition coefficient (Wildman–Crippen LogP) is 2.98. The molecule has 1 atom stereocenters. The van der Waals surface area contributed by atoms with Gasteiger partial charge in [0.15, 0.2) is 0 Å². The Balaban J connectivity index is 2.95. The molecule has 2 nitrogen and oxygen atoms in total. The second-order valence-corrected chi connectivity index (χ2v) is 4.53. The van der Waals surface area contributed by atoms with Crippen molar-refractivity contribution in [2.24, 2.45) is 0 Å². The van der Waals surface area contributed by atoms with E-state index in [4.69, 9.17) is 4.74 Å². The van der Waals surface area contributed by atoms with Gasteiger partial charge in [0.05, 0.1) is 6.26 Å². The summed E-state index contributed by atoms with van der Waals surface area (Å²) in [5.41, 5.74) is 0.854. The van der Waals surface area contributed by atoms with Gasteiger partial charge in [0, 0.05) is 0 Å². The van der Waals surface area contributed by atoms with Crippen LogP contribution >= 0.6 is 15.9 Å². The Bertz CT molecular complexity index is 330. The maximum Gasteiger partial charge on any atom is 0.331 e. The molecule has 0 radical (unpaired) electrons. The molecule has 1 aromatic carbocycles. The summed E-state index contributed by atoms with van der Waals surface area (Å²) < 4.78 is 3.92. The lowest BCUT2D eigenvalue weighted by atomic mass is 10.0. The predicted molar refractivity (Wildman–Crippen MR) is 59.0 cm³/mol. The molecule has 0 saturated carbocycles. The fraction of sp³-hybridized carbons (Fsp3) is 0.182. The molecule has 0 saturated heterocycles. The van der Waals surface area contributed by atoms with E-state index in [2.05, 4.69) is 22.5 Å². The molecular weight excluding hydrogens is 244 g/mol. The summed E-state index contributed by atoms with van der Waals surface area (Å²) in [6.45, 7) is 5.09. The second kappa shape index (κ2) is 4.42. The first-order valence-electron chi connectivity index (χ1n) is 4.15. The Labute approximate surface area is 91.7 Å². The van der Waals surface area contributed by atoms with E-state index >= 15 is 0 Å². The van der Waals surface area contributed by atoms with Gasteiger partial charge in [0.25, 0.3) is 0 Å². The Kier molecular flexibility index (Phi) is 3.47. The fourth-order valence-corrected chi connectivity index (χ4v) is 1.41. The Hall–Kier alpha value is -1.09. The van der Waals surface area contributed by atoms with Crippen LogP contribution in [0.4, 0.5) is 0 Å². The van der Waals surface area contributed by atoms with Gasteiger partial charge in [-0.15, -0.1) is 0 Å². The molecule has 0 aliphatic rings. The molecule has 0 spiro atoms. The Morgan fingerprint density at radius 1 is 1.50 bits per heavy atom. The zero-order valence-electron chi connectivity index (χ0n) is 7.87. The summed E-state index contributed by atoms with van der Waals surface area (Å²) in [4.78, 5) is 11.5. The number of alkyl halides is 1. The van der Waals surface area contributed by atoms with Gasteiger partial charge < -0.3 is 4.74 Å². The quantitative estimate of drug-likeness (QED) is 0.471. The number of hydrogen-bond acceptors (Lipinski definition) is 2. The lowest BCUT2D eigenvalue weighted by molar-refractivity contribution is -0.140. The van der Waals surface area contributed by atoms with Crippen LogP contribution in [0.2, 0.25) is 0 Å². The smallest absolute Gasteiger partial charge is 0.331 e. The molecule has 14 heavy (non-hydrogen) atoms. The third kappa shape index (κ3) is 2.23. The molecule has 0 N–H and O–H groups in total. The molecule has 0 heterocycles. The Morgan fingerprint density at radius 2 is 2.07 bits per heavy atom. The van der Waals surface area contributed by atoms with Crippen molar-refractivity contribution in [2.45, 2.75) is 11.2 Å². The fourth-order valence-electron chi connectivity index (χ4n) is 1.06. The normalized spacial score (nSPS) is 14.1. The van der Waals surface area contributed by atoms with Crippen molar-refractivity contribution in [3.63, 3.8) is 0 Å². The number of benzene rings is 1. The van der Waals surface area contributed by atoms with E-state index in [1.165, 1.54) is 0 Å².